The highest BCUT2D eigenvalue weighted by molar-refractivity contribution is 5.47. The van der Waals surface area contributed by atoms with Gasteiger partial charge in [0, 0.05) is 19.2 Å². The van der Waals surface area contributed by atoms with Crippen LogP contribution in [0.25, 0.3) is 0 Å². The number of rotatable bonds is 3. The molecule has 2 rings (SSSR count). The van der Waals surface area contributed by atoms with Crippen LogP contribution in [0.15, 0.2) is 12.4 Å². The standard InChI is InChI=1S/C12H21N5/c1-2-10-4-3-6-17(7-5-10)12-8-11(16-13)14-9-15-12/h8-10H,2-7,13H2,1H3,(H,14,15,16). The molecule has 0 radical (unpaired) electrons. The fraction of sp³-hybridized carbons (Fsp3) is 0.667. The van der Waals surface area contributed by atoms with Gasteiger partial charge in [0.15, 0.2) is 0 Å². The molecule has 0 spiro atoms. The molecular weight excluding hydrogens is 214 g/mol. The number of nitrogens with zero attached hydrogens (tertiary/aromatic N) is 3. The maximum atomic E-state index is 5.36. The van der Waals surface area contributed by atoms with Crippen molar-refractivity contribution in [2.24, 2.45) is 11.8 Å². The van der Waals surface area contributed by atoms with Crippen molar-refractivity contribution in [2.45, 2.75) is 32.6 Å². The van der Waals surface area contributed by atoms with Crippen LogP contribution in [-0.2, 0) is 0 Å². The number of anilines is 2. The summed E-state index contributed by atoms with van der Waals surface area (Å²) in [5.74, 6) is 7.88. The molecule has 1 aromatic rings. The topological polar surface area (TPSA) is 67.1 Å². The first-order valence-electron chi connectivity index (χ1n) is 6.37. The van der Waals surface area contributed by atoms with Gasteiger partial charge in [-0.1, -0.05) is 13.3 Å². The molecule has 94 valence electrons. The summed E-state index contributed by atoms with van der Waals surface area (Å²) < 4.78 is 0. The maximum absolute atomic E-state index is 5.36. The molecular formula is C12H21N5. The first kappa shape index (κ1) is 12.1. The molecule has 0 bridgehead atoms. The zero-order valence-electron chi connectivity index (χ0n) is 10.4. The summed E-state index contributed by atoms with van der Waals surface area (Å²) in [6, 6.07) is 1.91. The average molecular weight is 235 g/mol. The normalized spacial score (nSPS) is 21.1. The largest absolute Gasteiger partial charge is 0.356 e. The zero-order chi connectivity index (χ0) is 12.1. The van der Waals surface area contributed by atoms with Crippen molar-refractivity contribution >= 4 is 11.6 Å². The van der Waals surface area contributed by atoms with E-state index < -0.39 is 0 Å². The molecule has 1 aromatic heterocycles. The van der Waals surface area contributed by atoms with Crippen molar-refractivity contribution in [3.63, 3.8) is 0 Å². The van der Waals surface area contributed by atoms with Crippen molar-refractivity contribution in [2.75, 3.05) is 23.4 Å². The smallest absolute Gasteiger partial charge is 0.145 e. The third-order valence-corrected chi connectivity index (χ3v) is 3.55. The van der Waals surface area contributed by atoms with Crippen LogP contribution in [0, 0.1) is 5.92 Å². The van der Waals surface area contributed by atoms with Crippen molar-refractivity contribution in [3.05, 3.63) is 12.4 Å². The lowest BCUT2D eigenvalue weighted by Crippen LogP contribution is -2.25. The van der Waals surface area contributed by atoms with Crippen LogP contribution >= 0.6 is 0 Å². The lowest BCUT2D eigenvalue weighted by atomic mass is 9.98. The van der Waals surface area contributed by atoms with Crippen LogP contribution in [0.2, 0.25) is 0 Å². The molecule has 2 heterocycles. The highest BCUT2D eigenvalue weighted by atomic mass is 15.3. The van der Waals surface area contributed by atoms with E-state index in [9.17, 15) is 0 Å². The van der Waals surface area contributed by atoms with Gasteiger partial charge in [0.1, 0.15) is 18.0 Å². The number of hydrogen-bond donors (Lipinski definition) is 2. The molecule has 3 N–H and O–H groups in total. The zero-order valence-corrected chi connectivity index (χ0v) is 10.4. The highest BCUT2D eigenvalue weighted by Gasteiger charge is 2.16. The predicted molar refractivity (Wildman–Crippen MR) is 69.7 cm³/mol. The number of nitrogens with one attached hydrogen (secondary N) is 1. The summed E-state index contributed by atoms with van der Waals surface area (Å²) in [5, 5.41) is 0. The van der Waals surface area contributed by atoms with Crippen LogP contribution in [-0.4, -0.2) is 23.1 Å². The summed E-state index contributed by atoms with van der Waals surface area (Å²) >= 11 is 0. The van der Waals surface area contributed by atoms with Gasteiger partial charge in [-0.3, -0.25) is 0 Å². The second-order valence-electron chi connectivity index (χ2n) is 4.60. The number of nitrogens with two attached hydrogens (primary N) is 1. The molecule has 0 aromatic carbocycles. The lowest BCUT2D eigenvalue weighted by Gasteiger charge is -2.21. The van der Waals surface area contributed by atoms with E-state index in [1.165, 1.54) is 25.7 Å². The van der Waals surface area contributed by atoms with E-state index in [4.69, 9.17) is 5.84 Å². The van der Waals surface area contributed by atoms with Crippen LogP contribution < -0.4 is 16.2 Å². The number of hydrazine groups is 1. The molecule has 1 aliphatic heterocycles. The maximum Gasteiger partial charge on any atom is 0.145 e. The molecule has 1 atom stereocenters. The van der Waals surface area contributed by atoms with Gasteiger partial charge in [-0.05, 0) is 25.2 Å². The Balaban J connectivity index is 2.05. The SMILES string of the molecule is CCC1CCCN(c2cc(NN)ncn2)CC1. The first-order valence-corrected chi connectivity index (χ1v) is 6.37. The molecule has 17 heavy (non-hydrogen) atoms. The minimum Gasteiger partial charge on any atom is -0.356 e. The molecule has 1 fully saturated rings. The van der Waals surface area contributed by atoms with Crippen molar-refractivity contribution in [1.29, 1.82) is 0 Å². The van der Waals surface area contributed by atoms with Gasteiger partial charge >= 0.3 is 0 Å². The summed E-state index contributed by atoms with van der Waals surface area (Å²) in [4.78, 5) is 10.7. The van der Waals surface area contributed by atoms with Crippen LogP contribution in [0.5, 0.6) is 0 Å². The third kappa shape index (κ3) is 3.06. The monoisotopic (exact) mass is 235 g/mol. The molecule has 5 nitrogen and oxygen atoms in total. The minimum atomic E-state index is 0.672. The Morgan fingerprint density at radius 1 is 1.41 bits per heavy atom. The predicted octanol–water partition coefficient (Wildman–Crippen LogP) is 1.78. The summed E-state index contributed by atoms with van der Waals surface area (Å²) in [6.45, 7) is 4.44. The molecule has 0 saturated carbocycles. The fourth-order valence-corrected chi connectivity index (χ4v) is 2.40. The number of nitrogen functional groups attached to an aromatic ring is 1. The number of hydrogen-bond acceptors (Lipinski definition) is 5. The van der Waals surface area contributed by atoms with E-state index in [1.54, 1.807) is 6.33 Å². The van der Waals surface area contributed by atoms with E-state index in [0.29, 0.717) is 5.82 Å². The van der Waals surface area contributed by atoms with Crippen LogP contribution in [0.3, 0.4) is 0 Å². The average Bonchev–Trinajstić information content (AvgIpc) is 2.64. The van der Waals surface area contributed by atoms with E-state index in [1.807, 2.05) is 6.07 Å². The summed E-state index contributed by atoms with van der Waals surface area (Å²) in [6.07, 6.45) is 6.68. The van der Waals surface area contributed by atoms with E-state index in [2.05, 4.69) is 27.2 Å². The Labute approximate surface area is 102 Å². The lowest BCUT2D eigenvalue weighted by molar-refractivity contribution is 0.459. The van der Waals surface area contributed by atoms with Crippen LogP contribution in [0.4, 0.5) is 11.6 Å². The van der Waals surface area contributed by atoms with Gasteiger partial charge in [-0.25, -0.2) is 15.8 Å². The fourth-order valence-electron chi connectivity index (χ4n) is 2.40. The van der Waals surface area contributed by atoms with E-state index in [-0.39, 0.29) is 0 Å². The van der Waals surface area contributed by atoms with Gasteiger partial charge in [-0.15, -0.1) is 0 Å². The van der Waals surface area contributed by atoms with Crippen molar-refractivity contribution < 1.29 is 0 Å². The summed E-state index contributed by atoms with van der Waals surface area (Å²) in [5.41, 5.74) is 2.56. The van der Waals surface area contributed by atoms with E-state index in [0.717, 1.165) is 24.8 Å². The quantitative estimate of drug-likeness (QED) is 0.617. The Morgan fingerprint density at radius 3 is 3.06 bits per heavy atom. The molecule has 1 unspecified atom stereocenters. The van der Waals surface area contributed by atoms with Crippen molar-refractivity contribution in [1.82, 2.24) is 9.97 Å². The minimum absolute atomic E-state index is 0.672. The molecule has 1 aliphatic rings. The van der Waals surface area contributed by atoms with E-state index >= 15 is 0 Å². The number of aromatic nitrogens is 2. The Morgan fingerprint density at radius 2 is 2.29 bits per heavy atom. The third-order valence-electron chi connectivity index (χ3n) is 3.55. The van der Waals surface area contributed by atoms with Gasteiger partial charge in [0.25, 0.3) is 0 Å². The second kappa shape index (κ2) is 5.82. The Kier molecular flexibility index (Phi) is 4.14. The molecule has 0 amide bonds. The van der Waals surface area contributed by atoms with Crippen LogP contribution in [0.1, 0.15) is 32.6 Å². The first-order chi connectivity index (χ1) is 8.33. The molecule has 0 aliphatic carbocycles. The van der Waals surface area contributed by atoms with Crippen molar-refractivity contribution in [3.8, 4) is 0 Å². The molecule has 1 saturated heterocycles. The van der Waals surface area contributed by atoms with Gasteiger partial charge in [0.05, 0.1) is 0 Å². The van der Waals surface area contributed by atoms with Gasteiger partial charge in [-0.2, -0.15) is 0 Å². The summed E-state index contributed by atoms with van der Waals surface area (Å²) in [7, 11) is 0. The van der Waals surface area contributed by atoms with Gasteiger partial charge in [0.2, 0.25) is 0 Å². The highest BCUT2D eigenvalue weighted by Crippen LogP contribution is 2.23. The second-order valence-corrected chi connectivity index (χ2v) is 4.60. The van der Waals surface area contributed by atoms with Gasteiger partial charge < -0.3 is 10.3 Å². The molecule has 5 heteroatoms. The Hall–Kier alpha value is -1.36. The Bertz CT molecular complexity index is 355.